The van der Waals surface area contributed by atoms with E-state index in [9.17, 15) is 18.0 Å². The lowest BCUT2D eigenvalue weighted by Crippen LogP contribution is -2.23. The number of alkyl halides is 3. The molecule has 3 aromatic rings. The van der Waals surface area contributed by atoms with Gasteiger partial charge in [0.15, 0.2) is 5.16 Å². The number of hydrogen-bond acceptors (Lipinski definition) is 5. The maximum Gasteiger partial charge on any atom is 0.416 e. The standard InChI is InChI=1S/C16H13F3N4OS/c1-25-15-21-7-10-12(20)6-13(24)23(14(10)22-15)8-9-4-2-3-5-11(9)16(17,18)19/h2-7H,8,20H2,1H3. The topological polar surface area (TPSA) is 73.8 Å². The molecule has 2 heterocycles. The molecule has 1 aromatic carbocycles. The van der Waals surface area contributed by atoms with Crippen molar-refractivity contribution < 1.29 is 13.2 Å². The van der Waals surface area contributed by atoms with Gasteiger partial charge in [-0.25, -0.2) is 9.97 Å². The highest BCUT2D eigenvalue weighted by atomic mass is 32.2. The minimum Gasteiger partial charge on any atom is -0.398 e. The van der Waals surface area contributed by atoms with Crippen LogP contribution in [0.15, 0.2) is 46.5 Å². The van der Waals surface area contributed by atoms with Gasteiger partial charge in [0.05, 0.1) is 17.5 Å². The van der Waals surface area contributed by atoms with Crippen molar-refractivity contribution in [2.24, 2.45) is 0 Å². The zero-order valence-electron chi connectivity index (χ0n) is 13.0. The molecule has 0 fully saturated rings. The van der Waals surface area contributed by atoms with E-state index >= 15 is 0 Å². The Morgan fingerprint density at radius 1 is 1.28 bits per heavy atom. The second kappa shape index (κ2) is 6.40. The van der Waals surface area contributed by atoms with E-state index in [1.165, 1.54) is 46.8 Å². The van der Waals surface area contributed by atoms with Crippen molar-refractivity contribution >= 4 is 28.5 Å². The molecule has 0 amide bonds. The minimum absolute atomic E-state index is 0.0208. The first-order chi connectivity index (χ1) is 11.8. The molecule has 25 heavy (non-hydrogen) atoms. The second-order valence-corrected chi connectivity index (χ2v) is 6.05. The highest BCUT2D eigenvalue weighted by molar-refractivity contribution is 7.98. The molecule has 2 N–H and O–H groups in total. The van der Waals surface area contributed by atoms with Crippen LogP contribution in [0.5, 0.6) is 0 Å². The van der Waals surface area contributed by atoms with Gasteiger partial charge in [-0.3, -0.25) is 9.36 Å². The van der Waals surface area contributed by atoms with Crippen molar-refractivity contribution in [1.82, 2.24) is 14.5 Å². The predicted octanol–water partition coefficient (Wildman–Crippen LogP) is 3.16. The average Bonchev–Trinajstić information content (AvgIpc) is 2.57. The third-order valence-corrected chi connectivity index (χ3v) is 4.25. The second-order valence-electron chi connectivity index (χ2n) is 5.27. The molecular weight excluding hydrogens is 353 g/mol. The van der Waals surface area contributed by atoms with Crippen molar-refractivity contribution in [3.05, 3.63) is 58.0 Å². The number of fused-ring (bicyclic) bond motifs is 1. The summed E-state index contributed by atoms with van der Waals surface area (Å²) in [6.07, 6.45) is -1.28. The van der Waals surface area contributed by atoms with Gasteiger partial charge in [-0.05, 0) is 17.9 Å². The number of thioether (sulfide) groups is 1. The van der Waals surface area contributed by atoms with Gasteiger partial charge in [-0.2, -0.15) is 13.2 Å². The summed E-state index contributed by atoms with van der Waals surface area (Å²) >= 11 is 1.26. The van der Waals surface area contributed by atoms with E-state index in [4.69, 9.17) is 5.73 Å². The molecule has 0 atom stereocenters. The predicted molar refractivity (Wildman–Crippen MR) is 90.5 cm³/mol. The Kier molecular flexibility index (Phi) is 4.42. The number of halogens is 3. The number of nitrogens with zero attached hydrogens (tertiary/aromatic N) is 3. The van der Waals surface area contributed by atoms with Crippen molar-refractivity contribution in [3.63, 3.8) is 0 Å². The van der Waals surface area contributed by atoms with Crippen molar-refractivity contribution in [2.45, 2.75) is 17.9 Å². The summed E-state index contributed by atoms with van der Waals surface area (Å²) in [4.78, 5) is 20.7. The quantitative estimate of drug-likeness (QED) is 0.569. The Balaban J connectivity index is 2.22. The highest BCUT2D eigenvalue weighted by Gasteiger charge is 2.33. The maximum absolute atomic E-state index is 13.2. The van der Waals surface area contributed by atoms with Crippen LogP contribution < -0.4 is 11.3 Å². The summed E-state index contributed by atoms with van der Waals surface area (Å²) in [6.45, 7) is -0.268. The summed E-state index contributed by atoms with van der Waals surface area (Å²) in [7, 11) is 0. The van der Waals surface area contributed by atoms with Gasteiger partial charge in [0.1, 0.15) is 5.65 Å². The summed E-state index contributed by atoms with van der Waals surface area (Å²) in [5, 5.41) is 0.817. The van der Waals surface area contributed by atoms with E-state index in [0.29, 0.717) is 10.5 Å². The number of pyridine rings is 1. The SMILES string of the molecule is CSc1ncc2c(N)cc(=O)n(Cc3ccccc3C(F)(F)F)c2n1. The largest absolute Gasteiger partial charge is 0.416 e. The molecule has 0 bridgehead atoms. The molecule has 5 nitrogen and oxygen atoms in total. The first-order valence-corrected chi connectivity index (χ1v) is 8.39. The molecule has 0 aliphatic heterocycles. The molecule has 9 heteroatoms. The third kappa shape index (κ3) is 3.32. The lowest BCUT2D eigenvalue weighted by atomic mass is 10.1. The fourth-order valence-corrected chi connectivity index (χ4v) is 2.85. The van der Waals surface area contributed by atoms with Crippen LogP contribution in [0, 0.1) is 0 Å². The van der Waals surface area contributed by atoms with E-state index < -0.39 is 17.3 Å². The minimum atomic E-state index is -4.51. The van der Waals surface area contributed by atoms with Crippen LogP contribution in [-0.4, -0.2) is 20.8 Å². The van der Waals surface area contributed by atoms with E-state index in [0.717, 1.165) is 6.07 Å². The van der Waals surface area contributed by atoms with E-state index in [2.05, 4.69) is 9.97 Å². The number of benzene rings is 1. The number of nitrogens with two attached hydrogens (primary N) is 1. The van der Waals surface area contributed by atoms with Gasteiger partial charge in [0.25, 0.3) is 5.56 Å². The van der Waals surface area contributed by atoms with Crippen LogP contribution in [0.1, 0.15) is 11.1 Å². The van der Waals surface area contributed by atoms with Crippen LogP contribution in [-0.2, 0) is 12.7 Å². The number of hydrogen-bond donors (Lipinski definition) is 1. The van der Waals surface area contributed by atoms with Crippen LogP contribution in [0.25, 0.3) is 11.0 Å². The Hall–Kier alpha value is -2.55. The van der Waals surface area contributed by atoms with Crippen molar-refractivity contribution in [3.8, 4) is 0 Å². The van der Waals surface area contributed by atoms with Crippen molar-refractivity contribution in [1.29, 1.82) is 0 Å². The Morgan fingerprint density at radius 3 is 2.68 bits per heavy atom. The van der Waals surface area contributed by atoms with E-state index in [1.807, 2.05) is 0 Å². The van der Waals surface area contributed by atoms with Gasteiger partial charge < -0.3 is 5.73 Å². The van der Waals surface area contributed by atoms with Crippen LogP contribution in [0.4, 0.5) is 18.9 Å². The Labute approximate surface area is 144 Å². The molecule has 0 spiro atoms. The monoisotopic (exact) mass is 366 g/mol. The average molecular weight is 366 g/mol. The first kappa shape index (κ1) is 17.3. The highest BCUT2D eigenvalue weighted by Crippen LogP contribution is 2.32. The summed E-state index contributed by atoms with van der Waals surface area (Å²) in [5.74, 6) is 0. The molecule has 0 radical (unpaired) electrons. The number of nitrogen functional groups attached to an aromatic ring is 1. The van der Waals surface area contributed by atoms with Crippen LogP contribution in [0.3, 0.4) is 0 Å². The van der Waals surface area contributed by atoms with E-state index in [1.54, 1.807) is 6.26 Å². The third-order valence-electron chi connectivity index (χ3n) is 3.69. The molecule has 130 valence electrons. The van der Waals surface area contributed by atoms with Gasteiger partial charge in [0, 0.05) is 18.0 Å². The Morgan fingerprint density at radius 2 is 2.00 bits per heavy atom. The fraction of sp³-hybridized carbons (Fsp3) is 0.188. The molecule has 0 unspecified atom stereocenters. The summed E-state index contributed by atoms with van der Waals surface area (Å²) in [5.41, 5.74) is 4.90. The smallest absolute Gasteiger partial charge is 0.398 e. The molecule has 0 saturated carbocycles. The number of anilines is 1. The molecule has 2 aromatic heterocycles. The van der Waals surface area contributed by atoms with Crippen LogP contribution >= 0.6 is 11.8 Å². The molecule has 3 rings (SSSR count). The zero-order chi connectivity index (χ0) is 18.2. The summed E-state index contributed by atoms with van der Waals surface area (Å²) < 4.78 is 40.8. The van der Waals surface area contributed by atoms with Crippen molar-refractivity contribution in [2.75, 3.05) is 12.0 Å². The Bertz CT molecular complexity index is 1000. The number of rotatable bonds is 3. The molecule has 0 saturated heterocycles. The number of aromatic nitrogens is 3. The van der Waals surface area contributed by atoms with Crippen LogP contribution in [0.2, 0.25) is 0 Å². The fourth-order valence-electron chi connectivity index (χ4n) is 2.52. The lowest BCUT2D eigenvalue weighted by Gasteiger charge is -2.15. The zero-order valence-corrected chi connectivity index (χ0v) is 13.9. The summed E-state index contributed by atoms with van der Waals surface area (Å²) in [6, 6.07) is 6.30. The first-order valence-electron chi connectivity index (χ1n) is 7.16. The lowest BCUT2D eigenvalue weighted by molar-refractivity contribution is -0.138. The molecule has 0 aliphatic carbocycles. The van der Waals surface area contributed by atoms with E-state index in [-0.39, 0.29) is 23.4 Å². The van der Waals surface area contributed by atoms with Gasteiger partial charge in [0.2, 0.25) is 0 Å². The van der Waals surface area contributed by atoms with Gasteiger partial charge in [-0.15, -0.1) is 0 Å². The molecule has 0 aliphatic rings. The normalized spacial score (nSPS) is 11.8. The van der Waals surface area contributed by atoms with Gasteiger partial charge in [-0.1, -0.05) is 30.0 Å². The molecular formula is C16H13F3N4OS. The maximum atomic E-state index is 13.2. The van der Waals surface area contributed by atoms with Gasteiger partial charge >= 0.3 is 6.18 Å².